The van der Waals surface area contributed by atoms with Crippen LogP contribution in [0.15, 0.2) is 91.1 Å². The molecule has 36 heavy (non-hydrogen) atoms. The molecule has 0 unspecified atom stereocenters. The first kappa shape index (κ1) is 21.3. The van der Waals surface area contributed by atoms with E-state index < -0.39 is 0 Å². The van der Waals surface area contributed by atoms with Crippen molar-refractivity contribution in [2.45, 2.75) is 20.8 Å². The monoisotopic (exact) mass is 483 g/mol. The van der Waals surface area contributed by atoms with Crippen LogP contribution in [0.5, 0.6) is 0 Å². The Bertz CT molecular complexity index is 1930. The molecule has 3 aromatic heterocycles. The predicted octanol–water partition coefficient (Wildman–Crippen LogP) is 8.57. The zero-order valence-electron chi connectivity index (χ0n) is 21.0. The van der Waals surface area contributed by atoms with E-state index in [2.05, 4.69) is 128 Å². The van der Waals surface area contributed by atoms with Gasteiger partial charge in [-0.2, -0.15) is 4.57 Å². The third-order valence-corrected chi connectivity index (χ3v) is 8.90. The summed E-state index contributed by atoms with van der Waals surface area (Å²) in [6, 6.07) is 31.2. The first-order valence-electron chi connectivity index (χ1n) is 12.4. The number of hydrogen-bond donors (Lipinski definition) is 0. The molecule has 174 valence electrons. The van der Waals surface area contributed by atoms with Crippen LogP contribution in [-0.2, 0) is 7.05 Å². The van der Waals surface area contributed by atoms with Crippen LogP contribution < -0.4 is 4.57 Å². The van der Waals surface area contributed by atoms with E-state index in [1.807, 2.05) is 11.3 Å². The van der Waals surface area contributed by atoms with Crippen molar-refractivity contribution in [1.82, 2.24) is 4.57 Å². The SMILES string of the molecule is Cc1cc(C)c(C)c(-c2c3sc4c(-n5c6ccccc6c6ccccc65)cccc4c3cc[n+]2C)c1. The molecule has 7 aromatic rings. The van der Waals surface area contributed by atoms with Crippen molar-refractivity contribution < 1.29 is 4.57 Å². The molecule has 2 nitrogen and oxygen atoms in total. The zero-order chi connectivity index (χ0) is 24.6. The molecule has 0 atom stereocenters. The lowest BCUT2D eigenvalue weighted by Gasteiger charge is -2.10. The fourth-order valence-corrected chi connectivity index (χ4v) is 7.24. The second kappa shape index (κ2) is 7.78. The van der Waals surface area contributed by atoms with Gasteiger partial charge in [0, 0.05) is 27.6 Å². The predicted molar refractivity (Wildman–Crippen MR) is 154 cm³/mol. The largest absolute Gasteiger partial charge is 0.308 e. The van der Waals surface area contributed by atoms with Crippen LogP contribution in [0.3, 0.4) is 0 Å². The van der Waals surface area contributed by atoms with Gasteiger partial charge in [0.2, 0.25) is 5.69 Å². The zero-order valence-corrected chi connectivity index (χ0v) is 21.8. The Labute approximate surface area is 214 Å². The Morgan fingerprint density at radius 1 is 0.667 bits per heavy atom. The topological polar surface area (TPSA) is 8.81 Å². The van der Waals surface area contributed by atoms with Crippen LogP contribution in [0.1, 0.15) is 16.7 Å². The molecule has 0 aliphatic rings. The Morgan fingerprint density at radius 3 is 2.03 bits per heavy atom. The summed E-state index contributed by atoms with van der Waals surface area (Å²) in [5, 5.41) is 5.23. The maximum absolute atomic E-state index is 2.45. The molecule has 0 aliphatic heterocycles. The van der Waals surface area contributed by atoms with Crippen LogP contribution in [0.4, 0.5) is 0 Å². The van der Waals surface area contributed by atoms with Crippen molar-refractivity contribution in [2.24, 2.45) is 7.05 Å². The lowest BCUT2D eigenvalue weighted by atomic mass is 9.96. The maximum Gasteiger partial charge on any atom is 0.230 e. The fourth-order valence-electron chi connectivity index (χ4n) is 5.84. The number of pyridine rings is 1. The maximum atomic E-state index is 2.45. The number of hydrogen-bond acceptors (Lipinski definition) is 1. The molecule has 7 rings (SSSR count). The molecule has 0 fully saturated rings. The van der Waals surface area contributed by atoms with E-state index in [9.17, 15) is 0 Å². The van der Waals surface area contributed by atoms with E-state index in [0.717, 1.165) is 0 Å². The normalized spacial score (nSPS) is 11.9. The number of para-hydroxylation sites is 2. The van der Waals surface area contributed by atoms with Crippen LogP contribution in [0.2, 0.25) is 0 Å². The molecule has 0 saturated heterocycles. The van der Waals surface area contributed by atoms with E-state index in [1.165, 1.54) is 75.6 Å². The number of fused-ring (bicyclic) bond motifs is 6. The summed E-state index contributed by atoms with van der Waals surface area (Å²) >= 11 is 1.92. The number of nitrogens with zero attached hydrogens (tertiary/aromatic N) is 2. The second-order valence-corrected chi connectivity index (χ2v) is 10.9. The van der Waals surface area contributed by atoms with Gasteiger partial charge in [-0.25, -0.2) is 0 Å². The summed E-state index contributed by atoms with van der Waals surface area (Å²) in [6.07, 6.45) is 2.22. The van der Waals surface area contributed by atoms with Crippen LogP contribution in [-0.4, -0.2) is 4.57 Å². The van der Waals surface area contributed by atoms with E-state index in [4.69, 9.17) is 0 Å². The molecule has 0 bridgehead atoms. The van der Waals surface area contributed by atoms with Gasteiger partial charge in [-0.15, -0.1) is 11.3 Å². The van der Waals surface area contributed by atoms with E-state index in [1.54, 1.807) is 0 Å². The molecular weight excluding hydrogens is 456 g/mol. The molecule has 0 amide bonds. The minimum Gasteiger partial charge on any atom is -0.308 e. The summed E-state index contributed by atoms with van der Waals surface area (Å²) in [5.41, 5.74) is 10.4. The Morgan fingerprint density at radius 2 is 1.31 bits per heavy atom. The number of benzene rings is 4. The van der Waals surface area contributed by atoms with Crippen molar-refractivity contribution in [3.05, 3.63) is 108 Å². The summed E-state index contributed by atoms with van der Waals surface area (Å²) in [6.45, 7) is 6.67. The number of thiophene rings is 1. The minimum absolute atomic E-state index is 1.25. The summed E-state index contributed by atoms with van der Waals surface area (Å²) in [4.78, 5) is 0. The molecule has 3 heteroatoms. The lowest BCUT2D eigenvalue weighted by molar-refractivity contribution is -0.659. The molecule has 0 N–H and O–H groups in total. The number of aromatic nitrogens is 2. The average molecular weight is 484 g/mol. The highest BCUT2D eigenvalue weighted by Gasteiger charge is 2.23. The highest BCUT2D eigenvalue weighted by atomic mass is 32.1. The van der Waals surface area contributed by atoms with Crippen LogP contribution in [0.25, 0.3) is 58.9 Å². The standard InChI is InChI=1S/C33H27N2S/c1-20-18-21(2)22(3)27(19-20)31-33-26(16-17-34(31)4)25-12-9-15-30(32(25)36-33)35-28-13-7-5-10-23(28)24-11-6-8-14-29(24)35/h5-19H,1-4H3/q+1. The highest BCUT2D eigenvalue weighted by molar-refractivity contribution is 7.26. The van der Waals surface area contributed by atoms with Crippen molar-refractivity contribution in [3.63, 3.8) is 0 Å². The lowest BCUT2D eigenvalue weighted by Crippen LogP contribution is -2.30. The van der Waals surface area contributed by atoms with E-state index >= 15 is 0 Å². The van der Waals surface area contributed by atoms with E-state index in [-0.39, 0.29) is 0 Å². The molecular formula is C33H27N2S+. The summed E-state index contributed by atoms with van der Waals surface area (Å²) < 4.78 is 7.41. The third-order valence-electron chi connectivity index (χ3n) is 7.65. The van der Waals surface area contributed by atoms with Crippen LogP contribution >= 0.6 is 11.3 Å². The van der Waals surface area contributed by atoms with E-state index in [0.29, 0.717) is 0 Å². The second-order valence-electron chi connectivity index (χ2n) is 9.90. The van der Waals surface area contributed by atoms with Gasteiger partial charge >= 0.3 is 0 Å². The number of rotatable bonds is 2. The molecule has 0 saturated carbocycles. The first-order valence-corrected chi connectivity index (χ1v) is 13.3. The van der Waals surface area contributed by atoms with Gasteiger partial charge in [-0.3, -0.25) is 0 Å². The van der Waals surface area contributed by atoms with Crippen molar-refractivity contribution >= 4 is 53.3 Å². The van der Waals surface area contributed by atoms with Gasteiger partial charge in [0.05, 0.1) is 27.0 Å². The van der Waals surface area contributed by atoms with Gasteiger partial charge < -0.3 is 4.57 Å². The van der Waals surface area contributed by atoms with Crippen molar-refractivity contribution in [1.29, 1.82) is 0 Å². The van der Waals surface area contributed by atoms with Gasteiger partial charge in [0.25, 0.3) is 0 Å². The Balaban J connectivity index is 1.62. The van der Waals surface area contributed by atoms with Gasteiger partial charge in [0.1, 0.15) is 11.7 Å². The Hall–Kier alpha value is -3.95. The quantitative estimate of drug-likeness (QED) is 0.218. The van der Waals surface area contributed by atoms with Gasteiger partial charge in [-0.1, -0.05) is 60.2 Å². The van der Waals surface area contributed by atoms with Crippen molar-refractivity contribution in [2.75, 3.05) is 0 Å². The first-order chi connectivity index (χ1) is 17.5. The third kappa shape index (κ3) is 2.93. The molecule has 3 heterocycles. The Kier molecular flexibility index (Phi) is 4.61. The smallest absolute Gasteiger partial charge is 0.230 e. The minimum atomic E-state index is 1.25. The highest BCUT2D eigenvalue weighted by Crippen LogP contribution is 2.43. The molecule has 0 aliphatic carbocycles. The van der Waals surface area contributed by atoms with Crippen LogP contribution in [0, 0.1) is 20.8 Å². The molecule has 0 radical (unpaired) electrons. The van der Waals surface area contributed by atoms with Crippen molar-refractivity contribution in [3.8, 4) is 16.9 Å². The molecule has 4 aromatic carbocycles. The summed E-state index contributed by atoms with van der Waals surface area (Å²) in [5.74, 6) is 0. The molecule has 0 spiro atoms. The summed E-state index contributed by atoms with van der Waals surface area (Å²) in [7, 11) is 2.17. The average Bonchev–Trinajstić information content (AvgIpc) is 3.42. The fraction of sp³-hybridized carbons (Fsp3) is 0.121. The number of aryl methyl sites for hydroxylation is 3. The van der Waals surface area contributed by atoms with Gasteiger partial charge in [-0.05, 0) is 56.2 Å². The van der Waals surface area contributed by atoms with Gasteiger partial charge in [0.15, 0.2) is 6.20 Å².